The lowest BCUT2D eigenvalue weighted by molar-refractivity contribution is 0.494. The van der Waals surface area contributed by atoms with Crippen LogP contribution >= 0.6 is 0 Å². The Morgan fingerprint density at radius 3 is 2.62 bits per heavy atom. The molecule has 2 N–H and O–H groups in total. The molecule has 2 atom stereocenters. The number of anilines is 1. The van der Waals surface area contributed by atoms with Gasteiger partial charge in [0.1, 0.15) is 0 Å². The van der Waals surface area contributed by atoms with Crippen LogP contribution in [0.1, 0.15) is 19.5 Å². The summed E-state index contributed by atoms with van der Waals surface area (Å²) in [5, 5.41) is 0. The summed E-state index contributed by atoms with van der Waals surface area (Å²) < 4.78 is 0. The molecule has 0 amide bonds. The second kappa shape index (κ2) is 4.12. The predicted molar refractivity (Wildman–Crippen MR) is 65.8 cm³/mol. The van der Waals surface area contributed by atoms with E-state index in [-0.39, 0.29) is 0 Å². The van der Waals surface area contributed by atoms with Gasteiger partial charge in [0.15, 0.2) is 0 Å². The van der Waals surface area contributed by atoms with E-state index in [9.17, 15) is 0 Å². The molecule has 86 valence electrons. The van der Waals surface area contributed by atoms with Crippen LogP contribution in [0, 0.1) is 11.8 Å². The summed E-state index contributed by atoms with van der Waals surface area (Å²) in [5.74, 6) is 2.14. The Morgan fingerprint density at radius 2 is 2.06 bits per heavy atom. The molecule has 2 rings (SSSR count). The molecule has 1 fully saturated rings. The van der Waals surface area contributed by atoms with Crippen LogP contribution < -0.4 is 10.6 Å². The van der Waals surface area contributed by atoms with Crippen LogP contribution in [-0.4, -0.2) is 23.1 Å². The van der Waals surface area contributed by atoms with Gasteiger partial charge in [0.25, 0.3) is 0 Å². The Hall–Kier alpha value is -1.58. The molecule has 2 heterocycles. The van der Waals surface area contributed by atoms with Crippen LogP contribution in [-0.2, 0) is 0 Å². The Morgan fingerprint density at radius 1 is 1.44 bits per heavy atom. The van der Waals surface area contributed by atoms with Gasteiger partial charge in [-0.25, -0.2) is 9.97 Å². The van der Waals surface area contributed by atoms with Crippen LogP contribution in [0.3, 0.4) is 0 Å². The largest absolute Gasteiger partial charge is 0.397 e. The molecule has 4 nitrogen and oxygen atoms in total. The number of hydrogen-bond acceptors (Lipinski definition) is 4. The van der Waals surface area contributed by atoms with Crippen LogP contribution in [0.4, 0.5) is 5.95 Å². The van der Waals surface area contributed by atoms with Gasteiger partial charge in [-0.3, -0.25) is 0 Å². The molecule has 1 aromatic heterocycles. The second-order valence-corrected chi connectivity index (χ2v) is 4.63. The first kappa shape index (κ1) is 10.9. The van der Waals surface area contributed by atoms with Crippen LogP contribution in [0.2, 0.25) is 0 Å². The maximum Gasteiger partial charge on any atom is 0.225 e. The van der Waals surface area contributed by atoms with E-state index < -0.39 is 0 Å². The van der Waals surface area contributed by atoms with Crippen molar-refractivity contribution in [2.75, 3.05) is 18.0 Å². The Balaban J connectivity index is 2.21. The topological polar surface area (TPSA) is 55.0 Å². The number of aromatic nitrogens is 2. The molecule has 0 saturated carbocycles. The zero-order chi connectivity index (χ0) is 11.7. The third-order valence-electron chi connectivity index (χ3n) is 3.24. The van der Waals surface area contributed by atoms with Crippen molar-refractivity contribution in [1.29, 1.82) is 0 Å². The Kier molecular flexibility index (Phi) is 2.81. The molecule has 16 heavy (non-hydrogen) atoms. The normalized spacial score (nSPS) is 24.8. The first-order valence-corrected chi connectivity index (χ1v) is 5.60. The quantitative estimate of drug-likeness (QED) is 0.817. The van der Waals surface area contributed by atoms with E-state index in [4.69, 9.17) is 5.73 Å². The van der Waals surface area contributed by atoms with Gasteiger partial charge in [0.05, 0.1) is 11.4 Å². The summed E-state index contributed by atoms with van der Waals surface area (Å²) >= 11 is 0. The van der Waals surface area contributed by atoms with Crippen molar-refractivity contribution in [3.05, 3.63) is 24.5 Å². The van der Waals surface area contributed by atoms with Gasteiger partial charge in [-0.15, -0.1) is 0 Å². The van der Waals surface area contributed by atoms with E-state index in [0.717, 1.165) is 24.7 Å². The summed E-state index contributed by atoms with van der Waals surface area (Å²) in [6.45, 7) is 10.2. The van der Waals surface area contributed by atoms with Gasteiger partial charge in [0, 0.05) is 19.3 Å². The van der Waals surface area contributed by atoms with Gasteiger partial charge in [-0.1, -0.05) is 20.4 Å². The van der Waals surface area contributed by atoms with E-state index in [1.807, 2.05) is 0 Å². The monoisotopic (exact) mass is 218 g/mol. The lowest BCUT2D eigenvalue weighted by Crippen LogP contribution is -2.22. The first-order valence-electron chi connectivity index (χ1n) is 5.60. The molecule has 0 aromatic carbocycles. The molecule has 0 aliphatic carbocycles. The fourth-order valence-electron chi connectivity index (χ4n) is 1.97. The maximum atomic E-state index is 5.63. The van der Waals surface area contributed by atoms with E-state index in [0.29, 0.717) is 17.5 Å². The molecule has 0 spiro atoms. The lowest BCUT2D eigenvalue weighted by atomic mass is 10.0. The van der Waals surface area contributed by atoms with Crippen molar-refractivity contribution < 1.29 is 0 Å². The lowest BCUT2D eigenvalue weighted by Gasteiger charge is -2.16. The van der Waals surface area contributed by atoms with Crippen molar-refractivity contribution in [3.63, 3.8) is 0 Å². The average Bonchev–Trinajstić information content (AvgIpc) is 2.59. The average molecular weight is 218 g/mol. The van der Waals surface area contributed by atoms with E-state index in [2.05, 4.69) is 35.3 Å². The zero-order valence-corrected chi connectivity index (χ0v) is 9.85. The minimum Gasteiger partial charge on any atom is -0.397 e. The predicted octanol–water partition coefficient (Wildman–Crippen LogP) is 1.50. The fraction of sp³-hybridized carbons (Fsp3) is 0.500. The molecular formula is C12H18N4. The van der Waals surface area contributed by atoms with Crippen molar-refractivity contribution in [3.8, 4) is 0 Å². The van der Waals surface area contributed by atoms with E-state index in [1.54, 1.807) is 12.3 Å². The van der Waals surface area contributed by atoms with Crippen LogP contribution in [0.15, 0.2) is 18.8 Å². The van der Waals surface area contributed by atoms with Crippen molar-refractivity contribution in [2.24, 2.45) is 17.6 Å². The Bertz CT molecular complexity index is 392. The Labute approximate surface area is 96.2 Å². The molecule has 1 saturated heterocycles. The van der Waals surface area contributed by atoms with Gasteiger partial charge in [-0.05, 0) is 17.9 Å². The molecular weight excluding hydrogens is 200 g/mol. The minimum absolute atomic E-state index is 0.490. The number of nitrogens with two attached hydrogens (primary N) is 1. The first-order chi connectivity index (χ1) is 7.58. The van der Waals surface area contributed by atoms with E-state index >= 15 is 0 Å². The molecule has 0 bridgehead atoms. The molecule has 1 aliphatic heterocycles. The summed E-state index contributed by atoms with van der Waals surface area (Å²) in [5.41, 5.74) is 6.84. The highest BCUT2D eigenvalue weighted by Crippen LogP contribution is 2.25. The SMILES string of the molecule is C=C(N)c1ccnc(N2C[C@@H](C)[C@@H](C)C2)n1. The van der Waals surface area contributed by atoms with Crippen molar-refractivity contribution in [2.45, 2.75) is 13.8 Å². The molecule has 4 heteroatoms. The molecule has 1 aliphatic rings. The molecule has 0 unspecified atom stereocenters. The highest BCUT2D eigenvalue weighted by Gasteiger charge is 2.27. The number of rotatable bonds is 2. The van der Waals surface area contributed by atoms with Crippen molar-refractivity contribution >= 4 is 11.6 Å². The maximum absolute atomic E-state index is 5.63. The highest BCUT2D eigenvalue weighted by molar-refractivity contribution is 5.57. The number of hydrogen-bond donors (Lipinski definition) is 1. The third kappa shape index (κ3) is 2.01. The van der Waals surface area contributed by atoms with Gasteiger partial charge in [-0.2, -0.15) is 0 Å². The van der Waals surface area contributed by atoms with Crippen LogP contribution in [0.25, 0.3) is 5.70 Å². The standard InChI is InChI=1S/C12H18N4/c1-8-6-16(7-9(8)2)12-14-5-4-11(15-12)10(3)13/h4-5,8-9H,3,6-7,13H2,1-2H3/t8-,9+. The van der Waals surface area contributed by atoms with E-state index in [1.165, 1.54) is 0 Å². The van der Waals surface area contributed by atoms with Crippen LogP contribution in [0.5, 0.6) is 0 Å². The smallest absolute Gasteiger partial charge is 0.225 e. The summed E-state index contributed by atoms with van der Waals surface area (Å²) in [4.78, 5) is 10.9. The summed E-state index contributed by atoms with van der Waals surface area (Å²) in [6, 6.07) is 1.79. The second-order valence-electron chi connectivity index (χ2n) is 4.63. The highest BCUT2D eigenvalue weighted by atomic mass is 15.3. The summed E-state index contributed by atoms with van der Waals surface area (Å²) in [7, 11) is 0. The molecule has 0 radical (unpaired) electrons. The third-order valence-corrected chi connectivity index (χ3v) is 3.24. The molecule has 1 aromatic rings. The van der Waals surface area contributed by atoms with Gasteiger partial charge >= 0.3 is 0 Å². The number of nitrogens with zero attached hydrogens (tertiary/aromatic N) is 3. The minimum atomic E-state index is 0.490. The van der Waals surface area contributed by atoms with Gasteiger partial charge < -0.3 is 10.6 Å². The van der Waals surface area contributed by atoms with Gasteiger partial charge in [0.2, 0.25) is 5.95 Å². The zero-order valence-electron chi connectivity index (χ0n) is 9.85. The summed E-state index contributed by atoms with van der Waals surface area (Å²) in [6.07, 6.45) is 1.74. The fourth-order valence-corrected chi connectivity index (χ4v) is 1.97. The van der Waals surface area contributed by atoms with Crippen molar-refractivity contribution in [1.82, 2.24) is 9.97 Å².